The highest BCUT2D eigenvalue weighted by atomic mass is 79.9. The van der Waals surface area contributed by atoms with Gasteiger partial charge in [0.1, 0.15) is 5.84 Å². The van der Waals surface area contributed by atoms with E-state index in [1.54, 1.807) is 0 Å². The Labute approximate surface area is 116 Å². The van der Waals surface area contributed by atoms with Crippen LogP contribution in [0, 0.1) is 0 Å². The number of oxime groups is 1. The molecule has 1 rings (SSSR count). The quantitative estimate of drug-likeness (QED) is 0.253. The molecule has 0 heterocycles. The minimum atomic E-state index is -4.42. The second-order valence-corrected chi connectivity index (χ2v) is 4.73. The zero-order chi connectivity index (χ0) is 14.5. The Bertz CT molecular complexity index is 463. The summed E-state index contributed by atoms with van der Waals surface area (Å²) in [7, 11) is 0. The summed E-state index contributed by atoms with van der Waals surface area (Å²) in [6.07, 6.45) is -3.65. The minimum absolute atomic E-state index is 0.00945. The van der Waals surface area contributed by atoms with Crippen molar-refractivity contribution in [1.29, 1.82) is 0 Å². The monoisotopic (exact) mass is 339 g/mol. The molecular weight excluding hydrogens is 327 g/mol. The second-order valence-electron chi connectivity index (χ2n) is 3.81. The topological polar surface area (TPSA) is 70.6 Å². The van der Waals surface area contributed by atoms with E-state index in [4.69, 9.17) is 10.9 Å². The fourth-order valence-corrected chi connectivity index (χ4v) is 1.81. The fraction of sp³-hybridized carbons (Fsp3) is 0.364. The molecule has 0 saturated carbocycles. The first-order valence-electron chi connectivity index (χ1n) is 5.41. The lowest BCUT2D eigenvalue weighted by molar-refractivity contribution is -0.137. The largest absolute Gasteiger partial charge is 0.418 e. The highest BCUT2D eigenvalue weighted by Gasteiger charge is 2.33. The maximum absolute atomic E-state index is 12.8. The first kappa shape index (κ1) is 15.6. The number of rotatable bonds is 5. The summed E-state index contributed by atoms with van der Waals surface area (Å²) < 4.78 is 38.7. The van der Waals surface area contributed by atoms with Gasteiger partial charge in [-0.3, -0.25) is 0 Å². The van der Waals surface area contributed by atoms with Gasteiger partial charge >= 0.3 is 6.18 Å². The molecule has 0 radical (unpaired) electrons. The Hall–Kier alpha value is -1.44. The summed E-state index contributed by atoms with van der Waals surface area (Å²) in [5.74, 6) is 0.0497. The van der Waals surface area contributed by atoms with E-state index in [-0.39, 0.29) is 11.5 Å². The Morgan fingerprint density at radius 1 is 1.42 bits per heavy atom. The fourth-order valence-electron chi connectivity index (χ4n) is 1.45. The van der Waals surface area contributed by atoms with Gasteiger partial charge in [-0.05, 0) is 24.6 Å². The molecule has 0 amide bonds. The molecule has 8 heteroatoms. The van der Waals surface area contributed by atoms with Crippen molar-refractivity contribution in [3.63, 3.8) is 0 Å². The zero-order valence-corrected chi connectivity index (χ0v) is 11.4. The van der Waals surface area contributed by atoms with Crippen molar-refractivity contribution in [2.24, 2.45) is 10.9 Å². The minimum Gasteiger partial charge on any atom is -0.409 e. The first-order chi connectivity index (χ1) is 8.84. The maximum Gasteiger partial charge on any atom is 0.418 e. The third kappa shape index (κ3) is 4.98. The third-order valence-electron chi connectivity index (χ3n) is 2.34. The molecule has 4 nitrogen and oxygen atoms in total. The number of hydrogen-bond donors (Lipinski definition) is 3. The van der Waals surface area contributed by atoms with Crippen LogP contribution in [0.15, 0.2) is 27.8 Å². The van der Waals surface area contributed by atoms with Crippen LogP contribution in [0.1, 0.15) is 18.4 Å². The molecule has 0 aliphatic rings. The summed E-state index contributed by atoms with van der Waals surface area (Å²) >= 11 is 3.01. The number of nitrogens with zero attached hydrogens (tertiary/aromatic N) is 1. The van der Waals surface area contributed by atoms with Crippen LogP contribution >= 0.6 is 15.9 Å². The molecule has 0 unspecified atom stereocenters. The molecule has 0 atom stereocenters. The molecule has 0 aliphatic heterocycles. The lowest BCUT2D eigenvalue weighted by atomic mass is 10.1. The van der Waals surface area contributed by atoms with Gasteiger partial charge in [0.15, 0.2) is 0 Å². The molecule has 0 bridgehead atoms. The van der Waals surface area contributed by atoms with Crippen molar-refractivity contribution in [1.82, 2.24) is 0 Å². The molecule has 106 valence electrons. The number of alkyl halides is 3. The average Bonchev–Trinajstić information content (AvgIpc) is 2.34. The van der Waals surface area contributed by atoms with E-state index in [9.17, 15) is 13.2 Å². The van der Waals surface area contributed by atoms with Crippen molar-refractivity contribution in [3.8, 4) is 0 Å². The number of amidine groups is 1. The number of nitrogens with one attached hydrogen (secondary N) is 1. The van der Waals surface area contributed by atoms with E-state index in [1.165, 1.54) is 12.1 Å². The van der Waals surface area contributed by atoms with Gasteiger partial charge in [-0.2, -0.15) is 13.2 Å². The first-order valence-corrected chi connectivity index (χ1v) is 6.21. The van der Waals surface area contributed by atoms with E-state index in [2.05, 4.69) is 26.4 Å². The summed E-state index contributed by atoms with van der Waals surface area (Å²) in [6, 6.07) is 3.91. The van der Waals surface area contributed by atoms with Crippen LogP contribution < -0.4 is 11.1 Å². The number of benzene rings is 1. The lowest BCUT2D eigenvalue weighted by Gasteiger charge is -2.14. The molecule has 0 saturated heterocycles. The van der Waals surface area contributed by atoms with E-state index in [0.717, 1.165) is 6.07 Å². The normalized spacial score (nSPS) is 12.5. The lowest BCUT2D eigenvalue weighted by Crippen LogP contribution is -2.15. The van der Waals surface area contributed by atoms with Crippen molar-refractivity contribution in [3.05, 3.63) is 28.2 Å². The Kier molecular flexibility index (Phi) is 5.46. The molecule has 1 aromatic rings. The van der Waals surface area contributed by atoms with E-state index in [0.29, 0.717) is 23.9 Å². The average molecular weight is 340 g/mol. The number of hydrogen-bond acceptors (Lipinski definition) is 3. The highest BCUT2D eigenvalue weighted by Crippen LogP contribution is 2.36. The van der Waals surface area contributed by atoms with Gasteiger partial charge in [0.05, 0.1) is 5.56 Å². The smallest absolute Gasteiger partial charge is 0.409 e. The van der Waals surface area contributed by atoms with Crippen LogP contribution in [0.2, 0.25) is 0 Å². The van der Waals surface area contributed by atoms with Crippen molar-refractivity contribution in [2.75, 3.05) is 11.9 Å². The highest BCUT2D eigenvalue weighted by molar-refractivity contribution is 9.10. The van der Waals surface area contributed by atoms with Crippen molar-refractivity contribution >= 4 is 27.5 Å². The molecule has 0 aliphatic carbocycles. The van der Waals surface area contributed by atoms with Crippen LogP contribution in [0.25, 0.3) is 0 Å². The van der Waals surface area contributed by atoms with Crippen molar-refractivity contribution in [2.45, 2.75) is 19.0 Å². The van der Waals surface area contributed by atoms with Crippen LogP contribution in [0.4, 0.5) is 18.9 Å². The predicted molar refractivity (Wildman–Crippen MR) is 70.3 cm³/mol. The van der Waals surface area contributed by atoms with E-state index < -0.39 is 11.7 Å². The predicted octanol–water partition coefficient (Wildman–Crippen LogP) is 3.41. The van der Waals surface area contributed by atoms with Gasteiger partial charge in [0.2, 0.25) is 0 Å². The van der Waals surface area contributed by atoms with Crippen molar-refractivity contribution < 1.29 is 18.4 Å². The number of anilines is 1. The molecule has 0 aromatic heterocycles. The van der Waals surface area contributed by atoms with Gasteiger partial charge in [-0.15, -0.1) is 0 Å². The van der Waals surface area contributed by atoms with E-state index in [1.807, 2.05) is 0 Å². The van der Waals surface area contributed by atoms with Gasteiger partial charge < -0.3 is 16.3 Å². The third-order valence-corrected chi connectivity index (χ3v) is 2.83. The molecule has 0 fully saturated rings. The molecular formula is C11H13BrF3N3O. The number of halogens is 4. The summed E-state index contributed by atoms with van der Waals surface area (Å²) in [5, 5.41) is 13.8. The Morgan fingerprint density at radius 2 is 2.11 bits per heavy atom. The van der Waals surface area contributed by atoms with Crippen LogP contribution in [-0.4, -0.2) is 17.6 Å². The summed E-state index contributed by atoms with van der Waals surface area (Å²) in [4.78, 5) is 0. The van der Waals surface area contributed by atoms with Gasteiger partial charge in [0.25, 0.3) is 0 Å². The number of nitrogens with two attached hydrogens (primary N) is 1. The Balaban J connectivity index is 2.68. The molecule has 4 N–H and O–H groups in total. The van der Waals surface area contributed by atoms with E-state index >= 15 is 0 Å². The van der Waals surface area contributed by atoms with Gasteiger partial charge in [-0.25, -0.2) is 0 Å². The van der Waals surface area contributed by atoms with Crippen LogP contribution in [-0.2, 0) is 6.18 Å². The standard InChI is InChI=1S/C11H13BrF3N3O/c12-7-3-4-9(8(6-7)11(13,14)15)17-5-1-2-10(16)18-19/h3-4,6,17,19H,1-2,5H2,(H2,16,18). The maximum atomic E-state index is 12.8. The SMILES string of the molecule is NC(CCCNc1ccc(Br)cc1C(F)(F)F)=NO. The second kappa shape index (κ2) is 6.65. The molecule has 0 spiro atoms. The van der Waals surface area contributed by atoms with Gasteiger partial charge in [0, 0.05) is 23.1 Å². The summed E-state index contributed by atoms with van der Waals surface area (Å²) in [5.41, 5.74) is 4.54. The van der Waals surface area contributed by atoms with Crippen LogP contribution in [0.3, 0.4) is 0 Å². The summed E-state index contributed by atoms with van der Waals surface area (Å²) in [6.45, 7) is 0.293. The van der Waals surface area contributed by atoms with Gasteiger partial charge in [-0.1, -0.05) is 21.1 Å². The zero-order valence-electron chi connectivity index (χ0n) is 9.84. The Morgan fingerprint density at radius 3 is 2.68 bits per heavy atom. The van der Waals surface area contributed by atoms with Crippen LogP contribution in [0.5, 0.6) is 0 Å². The molecule has 19 heavy (non-hydrogen) atoms. The molecule has 1 aromatic carbocycles.